The van der Waals surface area contributed by atoms with Crippen LogP contribution in [-0.2, 0) is 16.6 Å². The number of hydrogen-bond acceptors (Lipinski definition) is 6. The van der Waals surface area contributed by atoms with Crippen molar-refractivity contribution in [1.29, 1.82) is 0 Å². The Hall–Kier alpha value is -3.36. The molecule has 3 atom stereocenters. The van der Waals surface area contributed by atoms with E-state index in [0.717, 1.165) is 65.3 Å². The van der Waals surface area contributed by atoms with Crippen molar-refractivity contribution in [2.45, 2.75) is 110 Å². The van der Waals surface area contributed by atoms with Crippen molar-refractivity contribution in [3.05, 3.63) is 75.7 Å². The zero-order valence-corrected chi connectivity index (χ0v) is 31.4. The molecule has 1 aromatic carbocycles. The summed E-state index contributed by atoms with van der Waals surface area (Å²) in [7, 11) is 0. The quantitative estimate of drug-likeness (QED) is 0.177. The van der Waals surface area contributed by atoms with Crippen LogP contribution in [0.25, 0.3) is 17.0 Å². The number of allylic oxidation sites excluding steroid dienone is 2. The van der Waals surface area contributed by atoms with Gasteiger partial charge < -0.3 is 16.0 Å². The predicted molar refractivity (Wildman–Crippen MR) is 205 cm³/mol. The van der Waals surface area contributed by atoms with Crippen LogP contribution in [0.15, 0.2) is 54.9 Å². The average molecular weight is 696 g/mol. The number of thiophene rings is 1. The molecule has 7 nitrogen and oxygen atoms in total. The van der Waals surface area contributed by atoms with E-state index in [9.17, 15) is 9.59 Å². The first-order chi connectivity index (χ1) is 24.2. The molecule has 2 unspecified atom stereocenters. The Bertz CT molecular complexity index is 1590. The number of aromatic nitrogens is 2. The van der Waals surface area contributed by atoms with E-state index in [0.29, 0.717) is 29.6 Å². The highest BCUT2D eigenvalue weighted by Crippen LogP contribution is 2.42. The Labute approximate surface area is 303 Å². The molecule has 0 spiro atoms. The fraction of sp³-hybridized carbons (Fsp3) is 0.571. The molecular weight excluding hydrogens is 639 g/mol. The molecule has 0 radical (unpaired) electrons. The van der Waals surface area contributed by atoms with Gasteiger partial charge in [0.15, 0.2) is 5.82 Å². The van der Waals surface area contributed by atoms with E-state index < -0.39 is 6.04 Å². The molecule has 6 rings (SSSR count). The van der Waals surface area contributed by atoms with Crippen molar-refractivity contribution in [3.63, 3.8) is 0 Å². The number of carbonyl (C=O) groups is 2. The molecule has 2 amide bonds. The van der Waals surface area contributed by atoms with Gasteiger partial charge in [-0.3, -0.25) is 9.59 Å². The molecule has 2 aromatic heterocycles. The van der Waals surface area contributed by atoms with Crippen LogP contribution in [0, 0.1) is 23.7 Å². The number of hydrogen-bond donors (Lipinski definition) is 3. The number of nitrogens with one attached hydrogen (secondary N) is 3. The van der Waals surface area contributed by atoms with Crippen LogP contribution in [0.5, 0.6) is 0 Å². The molecule has 50 heavy (non-hydrogen) atoms. The van der Waals surface area contributed by atoms with Gasteiger partial charge in [0.2, 0.25) is 5.91 Å². The highest BCUT2D eigenvalue weighted by atomic mass is 32.1. The molecule has 2 fully saturated rings. The van der Waals surface area contributed by atoms with E-state index in [4.69, 9.17) is 9.97 Å². The molecule has 8 heteroatoms. The van der Waals surface area contributed by atoms with Gasteiger partial charge in [-0.15, -0.1) is 11.3 Å². The number of amides is 2. The van der Waals surface area contributed by atoms with Crippen molar-refractivity contribution in [2.75, 3.05) is 19.6 Å². The SMILES string of the molecule is CCCC1CCC(C2CC=C(c3cnc(-c4ccc(C[C@@H](NC(=O)c5ccc(C(C)(C)C)s5)C(=O)NCC5CCNC5)cc4)nc3)CC2)CC1. The second-order valence-corrected chi connectivity index (χ2v) is 17.2. The Morgan fingerprint density at radius 2 is 1.68 bits per heavy atom. The zero-order valence-electron chi connectivity index (χ0n) is 30.6. The summed E-state index contributed by atoms with van der Waals surface area (Å²) in [5.74, 6) is 3.45. The largest absolute Gasteiger partial charge is 0.354 e. The van der Waals surface area contributed by atoms with E-state index in [2.05, 4.69) is 49.7 Å². The lowest BCUT2D eigenvalue weighted by Gasteiger charge is -2.35. The van der Waals surface area contributed by atoms with E-state index in [1.165, 1.54) is 68.3 Å². The molecule has 3 aromatic rings. The molecule has 3 N–H and O–H groups in total. The molecule has 1 saturated heterocycles. The van der Waals surface area contributed by atoms with Gasteiger partial charge in [-0.2, -0.15) is 0 Å². The summed E-state index contributed by atoms with van der Waals surface area (Å²) in [6, 6.07) is 11.3. The molecule has 1 aliphatic heterocycles. The Morgan fingerprint density at radius 3 is 2.30 bits per heavy atom. The molecule has 3 aliphatic rings. The van der Waals surface area contributed by atoms with Crippen LogP contribution in [0.1, 0.15) is 118 Å². The third-order valence-electron chi connectivity index (χ3n) is 11.3. The van der Waals surface area contributed by atoms with Crippen LogP contribution in [0.2, 0.25) is 0 Å². The van der Waals surface area contributed by atoms with Gasteiger partial charge in [0.25, 0.3) is 5.91 Å². The number of rotatable bonds is 12. The summed E-state index contributed by atoms with van der Waals surface area (Å²) >= 11 is 1.49. The van der Waals surface area contributed by atoms with Gasteiger partial charge in [0, 0.05) is 41.4 Å². The molecule has 1 saturated carbocycles. The van der Waals surface area contributed by atoms with Crippen LogP contribution in [0.4, 0.5) is 0 Å². The molecule has 2 aliphatic carbocycles. The van der Waals surface area contributed by atoms with Gasteiger partial charge in [-0.05, 0) is 104 Å². The van der Waals surface area contributed by atoms with Crippen LogP contribution < -0.4 is 16.0 Å². The number of nitrogens with zero attached hydrogens (tertiary/aromatic N) is 2. The number of benzene rings is 1. The summed E-state index contributed by atoms with van der Waals surface area (Å²) in [5, 5.41) is 9.51. The summed E-state index contributed by atoms with van der Waals surface area (Å²) in [4.78, 5) is 38.1. The first kappa shape index (κ1) is 36.4. The summed E-state index contributed by atoms with van der Waals surface area (Å²) in [5.41, 5.74) is 4.38. The molecule has 0 bridgehead atoms. The zero-order chi connectivity index (χ0) is 35.1. The van der Waals surface area contributed by atoms with Crippen molar-refractivity contribution < 1.29 is 9.59 Å². The Morgan fingerprint density at radius 1 is 0.920 bits per heavy atom. The van der Waals surface area contributed by atoms with E-state index >= 15 is 0 Å². The smallest absolute Gasteiger partial charge is 0.262 e. The lowest BCUT2D eigenvalue weighted by atomic mass is 9.70. The topological polar surface area (TPSA) is 96.0 Å². The molecule has 268 valence electrons. The lowest BCUT2D eigenvalue weighted by Crippen LogP contribution is -2.49. The highest BCUT2D eigenvalue weighted by Gasteiger charge is 2.29. The fourth-order valence-corrected chi connectivity index (χ4v) is 9.10. The van der Waals surface area contributed by atoms with Crippen LogP contribution in [0.3, 0.4) is 0 Å². The minimum absolute atomic E-state index is 0.0372. The van der Waals surface area contributed by atoms with E-state index in [1.54, 1.807) is 0 Å². The number of carbonyl (C=O) groups excluding carboxylic acids is 2. The van der Waals surface area contributed by atoms with E-state index in [-0.39, 0.29) is 17.2 Å². The van der Waals surface area contributed by atoms with Crippen LogP contribution >= 0.6 is 11.3 Å². The second kappa shape index (κ2) is 16.8. The minimum Gasteiger partial charge on any atom is -0.354 e. The first-order valence-corrected chi connectivity index (χ1v) is 20.0. The third kappa shape index (κ3) is 9.49. The molecular formula is C42H57N5O2S. The maximum Gasteiger partial charge on any atom is 0.262 e. The van der Waals surface area contributed by atoms with Gasteiger partial charge in [-0.25, -0.2) is 9.97 Å². The minimum atomic E-state index is -0.683. The van der Waals surface area contributed by atoms with Gasteiger partial charge >= 0.3 is 0 Å². The third-order valence-corrected chi connectivity index (χ3v) is 12.8. The van der Waals surface area contributed by atoms with E-state index in [1.807, 2.05) is 48.8 Å². The standard InChI is InChI=1S/C42H57N5O2S/c1-5-6-28-7-11-31(12-8-28)32-15-17-33(18-16-32)35-26-44-39(45-27-35)34-13-9-29(10-14-34)23-36(40(48)46-25-30-21-22-43-24-30)47-41(49)37-19-20-38(50-37)42(2,3)4/h9-10,13-14,17,19-20,26-28,30-32,36,43H,5-8,11-12,15-16,18,21-25H2,1-4H3,(H,46,48)(H,47,49)/t28?,30?,31?,32?,36-/m1/s1. The summed E-state index contributed by atoms with van der Waals surface area (Å²) < 4.78 is 0. The summed E-state index contributed by atoms with van der Waals surface area (Å²) in [6.07, 6.45) is 19.9. The maximum atomic E-state index is 13.5. The predicted octanol–water partition coefficient (Wildman–Crippen LogP) is 8.36. The van der Waals surface area contributed by atoms with Crippen molar-refractivity contribution >= 4 is 28.7 Å². The second-order valence-electron chi connectivity index (χ2n) is 16.1. The van der Waals surface area contributed by atoms with Crippen LogP contribution in [-0.4, -0.2) is 47.5 Å². The maximum absolute atomic E-state index is 13.5. The van der Waals surface area contributed by atoms with Gasteiger partial charge in [-0.1, -0.05) is 83.7 Å². The average Bonchev–Trinajstić information content (AvgIpc) is 3.85. The van der Waals surface area contributed by atoms with Crippen molar-refractivity contribution in [1.82, 2.24) is 25.9 Å². The summed E-state index contributed by atoms with van der Waals surface area (Å²) in [6.45, 7) is 11.2. The highest BCUT2D eigenvalue weighted by molar-refractivity contribution is 7.14. The lowest BCUT2D eigenvalue weighted by molar-refractivity contribution is -0.123. The Balaban J connectivity index is 1.06. The normalized spacial score (nSPS) is 23.2. The monoisotopic (exact) mass is 695 g/mol. The van der Waals surface area contributed by atoms with Crippen molar-refractivity contribution in [3.8, 4) is 11.4 Å². The Kier molecular flexibility index (Phi) is 12.2. The van der Waals surface area contributed by atoms with Gasteiger partial charge in [0.1, 0.15) is 6.04 Å². The fourth-order valence-electron chi connectivity index (χ4n) is 8.13. The van der Waals surface area contributed by atoms with Crippen molar-refractivity contribution in [2.24, 2.45) is 23.7 Å². The molecule has 3 heterocycles. The van der Waals surface area contributed by atoms with Gasteiger partial charge in [0.05, 0.1) is 4.88 Å². The first-order valence-electron chi connectivity index (χ1n) is 19.2.